The third-order valence-electron chi connectivity index (χ3n) is 6.35. The number of hydrogen-bond acceptors (Lipinski definition) is 4. The minimum atomic E-state index is -0.0223. The van der Waals surface area contributed by atoms with E-state index in [0.29, 0.717) is 5.41 Å². The van der Waals surface area contributed by atoms with E-state index in [1.54, 1.807) is 0 Å². The smallest absolute Gasteiger partial charge is 0.217 e. The van der Waals surface area contributed by atoms with Gasteiger partial charge in [-0.25, -0.2) is 0 Å². The van der Waals surface area contributed by atoms with Crippen LogP contribution in [0, 0.1) is 5.41 Å². The zero-order valence-electron chi connectivity index (χ0n) is 18.9. The lowest BCUT2D eigenvalue weighted by Gasteiger charge is -2.21. The summed E-state index contributed by atoms with van der Waals surface area (Å²) in [5.41, 5.74) is 2.67. The number of ether oxygens (including phenoxy) is 2. The van der Waals surface area contributed by atoms with Crippen molar-refractivity contribution in [3.05, 3.63) is 65.6 Å². The molecule has 2 unspecified atom stereocenters. The van der Waals surface area contributed by atoms with Crippen molar-refractivity contribution < 1.29 is 14.3 Å². The molecule has 0 bridgehead atoms. The van der Waals surface area contributed by atoms with E-state index in [1.807, 2.05) is 31.2 Å². The van der Waals surface area contributed by atoms with Crippen LogP contribution in [0.4, 0.5) is 0 Å². The van der Waals surface area contributed by atoms with Crippen molar-refractivity contribution in [2.75, 3.05) is 19.7 Å². The van der Waals surface area contributed by atoms with Gasteiger partial charge in [0.1, 0.15) is 17.6 Å². The number of hydrogen-bond donors (Lipinski definition) is 1. The molecule has 1 aliphatic heterocycles. The molecule has 0 aromatic heterocycles. The number of allylic oxidation sites excluding steroid dienone is 4. The van der Waals surface area contributed by atoms with E-state index in [1.165, 1.54) is 25.5 Å². The predicted octanol–water partition coefficient (Wildman–Crippen LogP) is 4.88. The fraction of sp³-hybridized carbons (Fsp3) is 0.500. The Bertz CT molecular complexity index is 880. The lowest BCUT2D eigenvalue weighted by atomic mass is 10.1. The molecule has 1 saturated carbocycles. The maximum atomic E-state index is 11.2. The fourth-order valence-electron chi connectivity index (χ4n) is 4.02. The second-order valence-electron chi connectivity index (χ2n) is 9.40. The Balaban J connectivity index is 1.31. The Labute approximate surface area is 185 Å². The number of carbonyl (C=O) groups excluding carboxylic acids is 1. The standard InChI is InChI=1S/C26H34N2O3/c1-19(27-20(2)29)21-8-10-23(11-9-21)31-25-12-15-28(17-25)22-6-4-5-7-24(16-22)30-18-26(3)13-14-26/h4-6,8-11,16,19,25H,7,12-15,17-18H2,1-3H3,(H,27,29). The van der Waals surface area contributed by atoms with Gasteiger partial charge >= 0.3 is 0 Å². The van der Waals surface area contributed by atoms with Crippen molar-refractivity contribution in [1.82, 2.24) is 10.2 Å². The van der Waals surface area contributed by atoms with Gasteiger partial charge in [0.05, 0.1) is 19.2 Å². The van der Waals surface area contributed by atoms with Crippen LogP contribution in [0.5, 0.6) is 5.75 Å². The molecule has 0 radical (unpaired) electrons. The molecule has 2 aliphatic carbocycles. The van der Waals surface area contributed by atoms with Gasteiger partial charge in [-0.3, -0.25) is 4.79 Å². The first-order valence-electron chi connectivity index (χ1n) is 11.4. The highest BCUT2D eigenvalue weighted by Gasteiger charge is 2.38. The van der Waals surface area contributed by atoms with E-state index in [-0.39, 0.29) is 18.1 Å². The topological polar surface area (TPSA) is 50.8 Å². The number of benzene rings is 1. The Hall–Kier alpha value is -2.69. The van der Waals surface area contributed by atoms with Crippen LogP contribution in [0.2, 0.25) is 0 Å². The van der Waals surface area contributed by atoms with Gasteiger partial charge in [0.25, 0.3) is 0 Å². The van der Waals surface area contributed by atoms with E-state index in [0.717, 1.165) is 49.6 Å². The van der Waals surface area contributed by atoms with Gasteiger partial charge in [-0.05, 0) is 49.6 Å². The van der Waals surface area contributed by atoms with Crippen LogP contribution in [0.15, 0.2) is 60.0 Å². The van der Waals surface area contributed by atoms with Crippen molar-refractivity contribution >= 4 is 5.91 Å². The van der Waals surface area contributed by atoms with Crippen molar-refractivity contribution in [2.24, 2.45) is 5.41 Å². The van der Waals surface area contributed by atoms with E-state index in [4.69, 9.17) is 9.47 Å². The van der Waals surface area contributed by atoms with Crippen LogP contribution >= 0.6 is 0 Å². The van der Waals surface area contributed by atoms with Gasteiger partial charge in [0.2, 0.25) is 5.91 Å². The number of nitrogens with one attached hydrogen (secondary N) is 1. The number of rotatable bonds is 8. The number of carbonyl (C=O) groups is 1. The first-order valence-corrected chi connectivity index (χ1v) is 11.4. The summed E-state index contributed by atoms with van der Waals surface area (Å²) in [4.78, 5) is 13.6. The third kappa shape index (κ3) is 5.93. The molecule has 1 saturated heterocycles. The summed E-state index contributed by atoms with van der Waals surface area (Å²) in [6, 6.07) is 8.03. The zero-order valence-corrected chi connectivity index (χ0v) is 18.9. The molecule has 1 amide bonds. The largest absolute Gasteiger partial charge is 0.497 e. The predicted molar refractivity (Wildman–Crippen MR) is 122 cm³/mol. The van der Waals surface area contributed by atoms with Gasteiger partial charge < -0.3 is 19.7 Å². The van der Waals surface area contributed by atoms with Gasteiger partial charge in [0.15, 0.2) is 0 Å². The summed E-state index contributed by atoms with van der Waals surface area (Å²) in [5.74, 6) is 1.91. The third-order valence-corrected chi connectivity index (χ3v) is 6.35. The van der Waals surface area contributed by atoms with Crippen LogP contribution in [-0.4, -0.2) is 36.6 Å². The van der Waals surface area contributed by atoms with E-state index in [9.17, 15) is 4.79 Å². The van der Waals surface area contributed by atoms with Crippen molar-refractivity contribution in [3.8, 4) is 5.75 Å². The van der Waals surface area contributed by atoms with E-state index >= 15 is 0 Å². The molecule has 1 N–H and O–H groups in total. The molecule has 0 spiro atoms. The first-order chi connectivity index (χ1) is 14.9. The molecule has 5 heteroatoms. The van der Waals surface area contributed by atoms with Crippen molar-refractivity contribution in [3.63, 3.8) is 0 Å². The molecule has 166 valence electrons. The molecular weight excluding hydrogens is 388 g/mol. The zero-order chi connectivity index (χ0) is 21.8. The summed E-state index contributed by atoms with van der Waals surface area (Å²) in [6.07, 6.45) is 13.2. The quantitative estimate of drug-likeness (QED) is 0.649. The normalized spacial score (nSPS) is 22.8. The molecule has 1 aromatic carbocycles. The summed E-state index contributed by atoms with van der Waals surface area (Å²) < 4.78 is 12.4. The maximum absolute atomic E-state index is 11.2. The Kier molecular flexibility index (Phi) is 6.40. The van der Waals surface area contributed by atoms with Crippen LogP contribution in [-0.2, 0) is 9.53 Å². The van der Waals surface area contributed by atoms with Gasteiger partial charge in [0, 0.05) is 37.4 Å². The van der Waals surface area contributed by atoms with E-state index < -0.39 is 0 Å². The average molecular weight is 423 g/mol. The Morgan fingerprint density at radius 2 is 2.06 bits per heavy atom. The van der Waals surface area contributed by atoms with Crippen LogP contribution < -0.4 is 10.1 Å². The molecule has 3 aliphatic rings. The maximum Gasteiger partial charge on any atom is 0.217 e. The minimum Gasteiger partial charge on any atom is -0.497 e. The van der Waals surface area contributed by atoms with Crippen LogP contribution in [0.25, 0.3) is 0 Å². The van der Waals surface area contributed by atoms with Gasteiger partial charge in [-0.2, -0.15) is 0 Å². The lowest BCUT2D eigenvalue weighted by Crippen LogP contribution is -2.24. The second kappa shape index (κ2) is 9.21. The average Bonchev–Trinajstić information content (AvgIpc) is 3.38. The highest BCUT2D eigenvalue weighted by atomic mass is 16.5. The number of nitrogens with zero attached hydrogens (tertiary/aromatic N) is 1. The Morgan fingerprint density at radius 1 is 1.29 bits per heavy atom. The SMILES string of the molecule is CC(=O)NC(C)c1ccc(OC2CCN(C3=CC=CCC(OCC4(C)CC4)=C3)C2)cc1. The minimum absolute atomic E-state index is 0.00513. The van der Waals surface area contributed by atoms with Crippen molar-refractivity contribution in [1.29, 1.82) is 0 Å². The van der Waals surface area contributed by atoms with Crippen molar-refractivity contribution in [2.45, 2.75) is 58.6 Å². The van der Waals surface area contributed by atoms with E-state index in [2.05, 4.69) is 41.4 Å². The molecule has 4 rings (SSSR count). The monoisotopic (exact) mass is 422 g/mol. The molecule has 31 heavy (non-hydrogen) atoms. The lowest BCUT2D eigenvalue weighted by molar-refractivity contribution is -0.119. The molecule has 2 fully saturated rings. The van der Waals surface area contributed by atoms with Crippen LogP contribution in [0.3, 0.4) is 0 Å². The molecule has 1 heterocycles. The first kappa shape index (κ1) is 21.5. The molecule has 5 nitrogen and oxygen atoms in total. The van der Waals surface area contributed by atoms with Gasteiger partial charge in [-0.1, -0.05) is 31.2 Å². The number of likely N-dealkylation sites (tertiary alicyclic amines) is 1. The highest BCUT2D eigenvalue weighted by Crippen LogP contribution is 2.45. The second-order valence-corrected chi connectivity index (χ2v) is 9.40. The summed E-state index contributed by atoms with van der Waals surface area (Å²) in [5, 5.41) is 2.91. The van der Waals surface area contributed by atoms with Gasteiger partial charge in [-0.15, -0.1) is 0 Å². The summed E-state index contributed by atoms with van der Waals surface area (Å²) >= 11 is 0. The number of amides is 1. The molecule has 1 aromatic rings. The van der Waals surface area contributed by atoms with Crippen LogP contribution in [0.1, 0.15) is 58.1 Å². The Morgan fingerprint density at radius 3 is 2.77 bits per heavy atom. The summed E-state index contributed by atoms with van der Waals surface area (Å²) in [6.45, 7) is 8.48. The fourth-order valence-corrected chi connectivity index (χ4v) is 4.02. The summed E-state index contributed by atoms with van der Waals surface area (Å²) in [7, 11) is 0. The molecular formula is C26H34N2O3. The highest BCUT2D eigenvalue weighted by molar-refractivity contribution is 5.73. The molecule has 2 atom stereocenters.